The second-order valence-corrected chi connectivity index (χ2v) is 7.52. The lowest BCUT2D eigenvalue weighted by atomic mass is 10.0. The molecule has 1 aliphatic heterocycles. The van der Waals surface area contributed by atoms with Crippen molar-refractivity contribution in [3.8, 4) is 0 Å². The molecule has 0 atom stereocenters. The molecule has 0 radical (unpaired) electrons. The van der Waals surface area contributed by atoms with E-state index < -0.39 is 0 Å². The molecule has 0 amide bonds. The van der Waals surface area contributed by atoms with Crippen molar-refractivity contribution in [2.75, 3.05) is 46.1 Å². The maximum atomic E-state index is 13.3. The molecule has 1 aromatic rings. The van der Waals surface area contributed by atoms with Crippen LogP contribution in [0.4, 0.5) is 4.39 Å². The molecule has 160 valence electrons. The number of nitrogens with one attached hydrogen (secondary N) is 2. The quantitative estimate of drug-likeness (QED) is 0.192. The first-order valence-corrected chi connectivity index (χ1v) is 10.6. The Bertz CT molecular complexity index is 587. The van der Waals surface area contributed by atoms with Gasteiger partial charge < -0.3 is 20.1 Å². The van der Waals surface area contributed by atoms with E-state index in [4.69, 9.17) is 9.47 Å². The normalized spacial score (nSPS) is 15.2. The van der Waals surface area contributed by atoms with Crippen molar-refractivity contribution in [1.29, 1.82) is 0 Å². The Balaban J connectivity index is 0.00000392. The van der Waals surface area contributed by atoms with Gasteiger partial charge >= 0.3 is 0 Å². The first-order chi connectivity index (χ1) is 13.2. The van der Waals surface area contributed by atoms with Crippen molar-refractivity contribution in [3.05, 3.63) is 34.1 Å². The number of aliphatic imine (C=N–C) groups is 1. The van der Waals surface area contributed by atoms with E-state index in [0.717, 1.165) is 83.3 Å². The number of halogens is 3. The summed E-state index contributed by atoms with van der Waals surface area (Å²) in [5.74, 6) is 1.22. The minimum absolute atomic E-state index is 0. The van der Waals surface area contributed by atoms with Crippen molar-refractivity contribution in [1.82, 2.24) is 10.6 Å². The number of guanidine groups is 1. The first-order valence-electron chi connectivity index (χ1n) is 9.80. The van der Waals surface area contributed by atoms with Gasteiger partial charge in [0.05, 0.1) is 4.47 Å². The van der Waals surface area contributed by atoms with Crippen LogP contribution in [0, 0.1) is 11.7 Å². The van der Waals surface area contributed by atoms with Gasteiger partial charge in [-0.25, -0.2) is 4.39 Å². The van der Waals surface area contributed by atoms with Crippen LogP contribution in [0.2, 0.25) is 0 Å². The van der Waals surface area contributed by atoms with Crippen LogP contribution in [0.25, 0.3) is 0 Å². The van der Waals surface area contributed by atoms with Crippen molar-refractivity contribution in [3.63, 3.8) is 0 Å². The molecule has 0 saturated carbocycles. The molecule has 0 aliphatic carbocycles. The summed E-state index contributed by atoms with van der Waals surface area (Å²) in [6, 6.07) is 5.11. The molecule has 28 heavy (non-hydrogen) atoms. The van der Waals surface area contributed by atoms with E-state index in [9.17, 15) is 4.39 Å². The van der Waals surface area contributed by atoms with E-state index in [0.29, 0.717) is 10.4 Å². The Morgan fingerprint density at radius 1 is 1.32 bits per heavy atom. The monoisotopic (exact) mass is 571 g/mol. The van der Waals surface area contributed by atoms with Gasteiger partial charge in [-0.3, -0.25) is 4.99 Å². The van der Waals surface area contributed by atoms with E-state index >= 15 is 0 Å². The summed E-state index contributed by atoms with van der Waals surface area (Å²) < 4.78 is 24.9. The Labute approximate surface area is 193 Å². The summed E-state index contributed by atoms with van der Waals surface area (Å²) in [6.07, 6.45) is 3.93. The summed E-state index contributed by atoms with van der Waals surface area (Å²) in [4.78, 5) is 4.59. The Morgan fingerprint density at radius 2 is 2.11 bits per heavy atom. The SMILES string of the molecule is CCNC(=NCCCOCC1CCOCC1)NCCc1ccc(F)c(Br)c1.I. The Kier molecular flexibility index (Phi) is 14.1. The van der Waals surface area contributed by atoms with Gasteiger partial charge in [-0.05, 0) is 72.2 Å². The second kappa shape index (κ2) is 15.4. The third-order valence-corrected chi connectivity index (χ3v) is 5.05. The highest BCUT2D eigenvalue weighted by Crippen LogP contribution is 2.17. The molecule has 1 aliphatic rings. The zero-order valence-electron chi connectivity index (χ0n) is 16.5. The lowest BCUT2D eigenvalue weighted by Crippen LogP contribution is -2.38. The topological polar surface area (TPSA) is 54.9 Å². The fourth-order valence-electron chi connectivity index (χ4n) is 2.88. The van der Waals surface area contributed by atoms with Crippen molar-refractivity contribution < 1.29 is 13.9 Å². The summed E-state index contributed by atoms with van der Waals surface area (Å²) in [7, 11) is 0. The smallest absolute Gasteiger partial charge is 0.191 e. The van der Waals surface area contributed by atoms with Gasteiger partial charge in [-0.1, -0.05) is 6.07 Å². The highest BCUT2D eigenvalue weighted by atomic mass is 127. The zero-order valence-corrected chi connectivity index (χ0v) is 20.4. The van der Waals surface area contributed by atoms with Crippen LogP contribution in [-0.2, 0) is 15.9 Å². The molecular formula is C20H32BrFIN3O2. The molecule has 0 aromatic heterocycles. The number of benzene rings is 1. The lowest BCUT2D eigenvalue weighted by Gasteiger charge is -2.21. The summed E-state index contributed by atoms with van der Waals surface area (Å²) in [5, 5.41) is 6.57. The molecule has 0 spiro atoms. The highest BCUT2D eigenvalue weighted by molar-refractivity contribution is 14.0. The fourth-order valence-corrected chi connectivity index (χ4v) is 3.31. The molecule has 5 nitrogen and oxygen atoms in total. The number of nitrogens with zero attached hydrogens (tertiary/aromatic N) is 1. The number of hydrogen-bond acceptors (Lipinski definition) is 3. The van der Waals surface area contributed by atoms with Gasteiger partial charge in [0.25, 0.3) is 0 Å². The summed E-state index contributed by atoms with van der Waals surface area (Å²) in [5.41, 5.74) is 1.08. The molecular weight excluding hydrogens is 540 g/mol. The van der Waals surface area contributed by atoms with Crippen LogP contribution in [0.5, 0.6) is 0 Å². The van der Waals surface area contributed by atoms with E-state index in [-0.39, 0.29) is 29.8 Å². The zero-order chi connectivity index (χ0) is 19.3. The van der Waals surface area contributed by atoms with Crippen molar-refractivity contribution in [2.24, 2.45) is 10.9 Å². The maximum absolute atomic E-state index is 13.3. The third-order valence-electron chi connectivity index (χ3n) is 4.45. The van der Waals surface area contributed by atoms with Crippen LogP contribution in [0.3, 0.4) is 0 Å². The van der Waals surface area contributed by atoms with Gasteiger partial charge in [0, 0.05) is 46.1 Å². The maximum Gasteiger partial charge on any atom is 0.191 e. The van der Waals surface area contributed by atoms with Gasteiger partial charge in [-0.2, -0.15) is 0 Å². The number of hydrogen-bond donors (Lipinski definition) is 2. The highest BCUT2D eigenvalue weighted by Gasteiger charge is 2.13. The summed E-state index contributed by atoms with van der Waals surface area (Å²) >= 11 is 3.22. The van der Waals surface area contributed by atoms with E-state index in [2.05, 4.69) is 31.6 Å². The van der Waals surface area contributed by atoms with Gasteiger partial charge in [-0.15, -0.1) is 24.0 Å². The van der Waals surface area contributed by atoms with Crippen LogP contribution in [0.15, 0.2) is 27.7 Å². The number of ether oxygens (including phenoxy) is 2. The summed E-state index contributed by atoms with van der Waals surface area (Å²) in [6.45, 7) is 7.63. The predicted molar refractivity (Wildman–Crippen MR) is 126 cm³/mol. The molecule has 1 heterocycles. The third kappa shape index (κ3) is 10.4. The average Bonchev–Trinajstić information content (AvgIpc) is 2.68. The predicted octanol–water partition coefficient (Wildman–Crippen LogP) is 4.14. The molecule has 1 saturated heterocycles. The van der Waals surface area contributed by atoms with Gasteiger partial charge in [0.15, 0.2) is 5.96 Å². The van der Waals surface area contributed by atoms with Gasteiger partial charge in [0.1, 0.15) is 5.82 Å². The van der Waals surface area contributed by atoms with Crippen LogP contribution in [-0.4, -0.2) is 52.0 Å². The average molecular weight is 572 g/mol. The molecule has 0 bridgehead atoms. The van der Waals surface area contributed by atoms with E-state index in [1.54, 1.807) is 0 Å². The van der Waals surface area contributed by atoms with Crippen LogP contribution < -0.4 is 10.6 Å². The van der Waals surface area contributed by atoms with Crippen molar-refractivity contribution in [2.45, 2.75) is 32.6 Å². The standard InChI is InChI=1S/C20H31BrFN3O2.HI/c1-2-23-20(25-10-6-16-4-5-19(22)18(21)14-16)24-9-3-11-27-15-17-7-12-26-13-8-17;/h4-5,14,17H,2-3,6-13,15H2,1H3,(H2,23,24,25);1H. The van der Waals surface area contributed by atoms with Crippen molar-refractivity contribution >= 4 is 45.9 Å². The Morgan fingerprint density at radius 3 is 2.82 bits per heavy atom. The van der Waals surface area contributed by atoms with Crippen LogP contribution in [0.1, 0.15) is 31.7 Å². The molecule has 1 aromatic carbocycles. The molecule has 1 fully saturated rings. The molecule has 0 unspecified atom stereocenters. The Hall–Kier alpha value is -0.450. The minimum atomic E-state index is -0.236. The van der Waals surface area contributed by atoms with Gasteiger partial charge in [0.2, 0.25) is 0 Å². The van der Waals surface area contributed by atoms with Crippen LogP contribution >= 0.6 is 39.9 Å². The largest absolute Gasteiger partial charge is 0.381 e. The number of rotatable bonds is 10. The lowest BCUT2D eigenvalue weighted by molar-refractivity contribution is 0.0205. The second-order valence-electron chi connectivity index (χ2n) is 6.67. The minimum Gasteiger partial charge on any atom is -0.381 e. The molecule has 2 N–H and O–H groups in total. The van der Waals surface area contributed by atoms with E-state index in [1.807, 2.05) is 19.1 Å². The molecule has 2 rings (SSSR count). The van der Waals surface area contributed by atoms with E-state index in [1.165, 1.54) is 6.07 Å². The molecule has 8 heteroatoms. The fraction of sp³-hybridized carbons (Fsp3) is 0.650. The first kappa shape index (κ1) is 25.6.